The molecular weight excluding hydrogens is 511 g/mol. The summed E-state index contributed by atoms with van der Waals surface area (Å²) in [6, 6.07) is -0.590. The second-order valence-electron chi connectivity index (χ2n) is 9.69. The highest BCUT2D eigenvalue weighted by atomic mass is 35.5. The molecule has 1 spiro atoms. The molecule has 2 heterocycles. The van der Waals surface area contributed by atoms with E-state index in [-0.39, 0.29) is 31.3 Å². The number of carbonyl (C=O) groups excluding carboxylic acids is 2. The number of nitrogens with zero attached hydrogens (tertiary/aromatic N) is 1. The molecule has 1 saturated carbocycles. The van der Waals surface area contributed by atoms with Crippen molar-refractivity contribution in [3.05, 3.63) is 32.2 Å². The lowest BCUT2D eigenvalue weighted by Crippen LogP contribution is -2.54. The third-order valence-electron chi connectivity index (χ3n) is 7.05. The maximum atomic E-state index is 13.4. The van der Waals surface area contributed by atoms with Crippen LogP contribution < -0.4 is 5.32 Å². The van der Waals surface area contributed by atoms with Crippen molar-refractivity contribution in [3.8, 4) is 0 Å². The van der Waals surface area contributed by atoms with Gasteiger partial charge in [0.1, 0.15) is 5.78 Å². The van der Waals surface area contributed by atoms with Gasteiger partial charge in [-0.1, -0.05) is 49.5 Å². The number of thiazole rings is 1. The van der Waals surface area contributed by atoms with Gasteiger partial charge in [0.25, 0.3) is 0 Å². The first-order valence-electron chi connectivity index (χ1n) is 11.9. The maximum absolute atomic E-state index is 13.4. The maximum Gasteiger partial charge on any atom is 0.223 e. The standard InChI is InChI=1S/C25H34Cl2N2O5S/c1-14-11-34-12-17(26)5-6-20(19(27)9-18-13-35-16(3)28-18)29-22(31)10-21(30)25(7-4-8-25)24(33)15(2)23(14)32/h5,9,13-15,20-21,23,30,32H,4,6-8,10-12H2,1-3H3,(H,29,31)/b17-5+,19-9-/t14-,15+,20-,21-,23-/m0/s1. The number of hydrogen-bond donors (Lipinski definition) is 3. The molecule has 2 aliphatic rings. The number of rotatable bonds is 2. The lowest BCUT2D eigenvalue weighted by molar-refractivity contribution is -0.155. The van der Waals surface area contributed by atoms with Crippen LogP contribution in [0, 0.1) is 24.2 Å². The van der Waals surface area contributed by atoms with Crippen LogP contribution in [0.2, 0.25) is 0 Å². The molecule has 3 N–H and O–H groups in total. The molecule has 0 bridgehead atoms. The molecule has 1 aromatic rings. The molecule has 7 nitrogen and oxygen atoms in total. The molecule has 5 atom stereocenters. The molecule has 194 valence electrons. The summed E-state index contributed by atoms with van der Waals surface area (Å²) in [4.78, 5) is 30.7. The van der Waals surface area contributed by atoms with Crippen molar-refractivity contribution in [1.29, 1.82) is 0 Å². The zero-order chi connectivity index (χ0) is 25.8. The van der Waals surface area contributed by atoms with Crippen molar-refractivity contribution in [2.24, 2.45) is 17.3 Å². The summed E-state index contributed by atoms with van der Waals surface area (Å²) in [6.07, 6.45) is 3.20. The lowest BCUT2D eigenvalue weighted by Gasteiger charge is -2.46. The van der Waals surface area contributed by atoms with Crippen molar-refractivity contribution < 1.29 is 24.5 Å². The molecule has 35 heavy (non-hydrogen) atoms. The van der Waals surface area contributed by atoms with Crippen LogP contribution in [0.1, 0.15) is 56.7 Å². The molecule has 3 rings (SSSR count). The number of ether oxygens (including phenoxy) is 1. The molecular formula is C25H34Cl2N2O5S. The zero-order valence-corrected chi connectivity index (χ0v) is 22.6. The van der Waals surface area contributed by atoms with Crippen molar-refractivity contribution in [2.75, 3.05) is 13.2 Å². The van der Waals surface area contributed by atoms with E-state index in [1.165, 1.54) is 11.3 Å². The largest absolute Gasteiger partial charge is 0.392 e. The van der Waals surface area contributed by atoms with Crippen molar-refractivity contribution in [1.82, 2.24) is 10.3 Å². The van der Waals surface area contributed by atoms with Gasteiger partial charge in [0.05, 0.1) is 54.0 Å². The summed E-state index contributed by atoms with van der Waals surface area (Å²) in [6.45, 7) is 5.74. The minimum absolute atomic E-state index is 0.136. The van der Waals surface area contributed by atoms with Crippen molar-refractivity contribution in [2.45, 2.75) is 71.1 Å². The minimum atomic E-state index is -1.15. The molecule has 1 amide bonds. The second-order valence-corrected chi connectivity index (χ2v) is 11.7. The van der Waals surface area contributed by atoms with Crippen LogP contribution in [0.4, 0.5) is 0 Å². The Hall–Kier alpha value is -1.29. The van der Waals surface area contributed by atoms with E-state index in [0.29, 0.717) is 35.0 Å². The smallest absolute Gasteiger partial charge is 0.223 e. The van der Waals surface area contributed by atoms with Crippen LogP contribution >= 0.6 is 34.5 Å². The average molecular weight is 546 g/mol. The molecule has 1 fully saturated rings. The van der Waals surface area contributed by atoms with E-state index in [1.54, 1.807) is 19.1 Å². The molecule has 0 unspecified atom stereocenters. The summed E-state index contributed by atoms with van der Waals surface area (Å²) in [5.74, 6) is -1.63. The minimum Gasteiger partial charge on any atom is -0.392 e. The predicted octanol–water partition coefficient (Wildman–Crippen LogP) is 4.18. The van der Waals surface area contributed by atoms with Gasteiger partial charge in [-0.15, -0.1) is 11.3 Å². The van der Waals surface area contributed by atoms with E-state index >= 15 is 0 Å². The topological polar surface area (TPSA) is 109 Å². The normalized spacial score (nSPS) is 33.1. The molecule has 10 heteroatoms. The van der Waals surface area contributed by atoms with Gasteiger partial charge in [-0.25, -0.2) is 4.98 Å². The monoisotopic (exact) mass is 544 g/mol. The Morgan fingerprint density at radius 2 is 2.03 bits per heavy atom. The van der Waals surface area contributed by atoms with E-state index in [1.807, 2.05) is 19.2 Å². The van der Waals surface area contributed by atoms with E-state index in [2.05, 4.69) is 10.3 Å². The number of nitrogens with one attached hydrogen (secondary N) is 1. The third-order valence-corrected chi connectivity index (χ3v) is 8.48. The number of aromatic nitrogens is 1. The number of carbonyl (C=O) groups is 2. The number of aryl methyl sites for hydroxylation is 1. The van der Waals surface area contributed by atoms with Crippen LogP contribution in [0.25, 0.3) is 6.08 Å². The Balaban J connectivity index is 1.87. The highest BCUT2D eigenvalue weighted by Crippen LogP contribution is 2.48. The summed E-state index contributed by atoms with van der Waals surface area (Å²) in [5.41, 5.74) is -0.329. The highest BCUT2D eigenvalue weighted by Gasteiger charge is 2.52. The van der Waals surface area contributed by atoms with Gasteiger partial charge in [-0.2, -0.15) is 0 Å². The van der Waals surface area contributed by atoms with Crippen molar-refractivity contribution >= 4 is 52.3 Å². The number of amides is 1. The number of aliphatic hydroxyl groups excluding tert-OH is 2. The average Bonchev–Trinajstić information content (AvgIpc) is 3.18. The molecule has 0 radical (unpaired) electrons. The third kappa shape index (κ3) is 6.93. The van der Waals surface area contributed by atoms with Gasteiger partial charge in [0.15, 0.2) is 0 Å². The predicted molar refractivity (Wildman–Crippen MR) is 138 cm³/mol. The van der Waals surface area contributed by atoms with E-state index in [0.717, 1.165) is 11.4 Å². The number of hydrogen-bond acceptors (Lipinski definition) is 7. The molecule has 0 saturated heterocycles. The highest BCUT2D eigenvalue weighted by molar-refractivity contribution is 7.09. The van der Waals surface area contributed by atoms with Gasteiger partial charge >= 0.3 is 0 Å². The first-order chi connectivity index (χ1) is 16.5. The van der Waals surface area contributed by atoms with Gasteiger partial charge in [0.2, 0.25) is 5.91 Å². The quantitative estimate of drug-likeness (QED) is 0.515. The van der Waals surface area contributed by atoms with Gasteiger partial charge in [0, 0.05) is 27.3 Å². The van der Waals surface area contributed by atoms with Gasteiger partial charge in [-0.05, 0) is 32.3 Å². The van der Waals surface area contributed by atoms with Crippen molar-refractivity contribution in [3.63, 3.8) is 0 Å². The molecule has 1 aromatic heterocycles. The SMILES string of the molecule is Cc1nc(/C=C(\Cl)[C@@H]2C/C=C(/Cl)COC[C@H](C)[C@H](O)[C@@H](C)C(=O)C3(CCC3)[C@@H](O)CC(=O)N2)cs1. The lowest BCUT2D eigenvalue weighted by atomic mass is 9.59. The second kappa shape index (κ2) is 12.3. The van der Waals surface area contributed by atoms with Crippen LogP contribution in [0.5, 0.6) is 0 Å². The summed E-state index contributed by atoms with van der Waals surface area (Å²) in [7, 11) is 0. The number of aliphatic hydroxyl groups is 2. The zero-order valence-electron chi connectivity index (χ0n) is 20.3. The fourth-order valence-corrected chi connectivity index (χ4v) is 5.69. The molecule has 0 aromatic carbocycles. The summed E-state index contributed by atoms with van der Waals surface area (Å²) < 4.78 is 5.68. The van der Waals surface area contributed by atoms with E-state index in [9.17, 15) is 19.8 Å². The van der Waals surface area contributed by atoms with Crippen LogP contribution in [-0.4, -0.2) is 58.4 Å². The Bertz CT molecular complexity index is 975. The van der Waals surface area contributed by atoms with Crippen LogP contribution in [0.15, 0.2) is 21.5 Å². The van der Waals surface area contributed by atoms with Gasteiger partial charge < -0.3 is 20.3 Å². The number of ketones is 1. The number of Topliss-reactive ketones (excluding diaryl/α,β-unsaturated/α-hetero) is 1. The van der Waals surface area contributed by atoms with Crippen LogP contribution in [0.3, 0.4) is 0 Å². The first-order valence-corrected chi connectivity index (χ1v) is 13.6. The van der Waals surface area contributed by atoms with Gasteiger partial charge in [-0.3, -0.25) is 9.59 Å². The molecule has 1 aliphatic carbocycles. The Kier molecular flexibility index (Phi) is 9.94. The Morgan fingerprint density at radius 1 is 1.31 bits per heavy atom. The fourth-order valence-electron chi connectivity index (χ4n) is 4.70. The fraction of sp³-hybridized carbons (Fsp3) is 0.640. The summed E-state index contributed by atoms with van der Waals surface area (Å²) in [5, 5.41) is 28.3. The number of halogens is 2. The Morgan fingerprint density at radius 3 is 2.63 bits per heavy atom. The summed E-state index contributed by atoms with van der Waals surface area (Å²) >= 11 is 14.4. The van der Waals surface area contributed by atoms with Crippen LogP contribution in [-0.2, 0) is 14.3 Å². The van der Waals surface area contributed by atoms with E-state index < -0.39 is 35.5 Å². The first kappa shape index (κ1) is 28.3. The Labute approximate surface area is 220 Å². The van der Waals surface area contributed by atoms with E-state index in [4.69, 9.17) is 27.9 Å². The molecule has 1 aliphatic heterocycles.